The van der Waals surface area contributed by atoms with Crippen molar-refractivity contribution in [1.82, 2.24) is 14.5 Å². The van der Waals surface area contributed by atoms with Gasteiger partial charge in [-0.15, -0.1) is 0 Å². The first-order valence-corrected chi connectivity index (χ1v) is 11.9. The predicted octanol–water partition coefficient (Wildman–Crippen LogP) is 3.84. The van der Waals surface area contributed by atoms with Crippen LogP contribution in [0.5, 0.6) is 0 Å². The molecule has 1 saturated heterocycles. The Morgan fingerprint density at radius 3 is 2.71 bits per heavy atom. The maximum atomic E-state index is 12.0. The Hall–Kier alpha value is -2.12. The van der Waals surface area contributed by atoms with Crippen molar-refractivity contribution in [2.75, 3.05) is 37.7 Å². The van der Waals surface area contributed by atoms with Crippen LogP contribution in [-0.4, -0.2) is 64.5 Å². The van der Waals surface area contributed by atoms with Gasteiger partial charge in [0.1, 0.15) is 5.82 Å². The van der Waals surface area contributed by atoms with Crippen LogP contribution in [0.1, 0.15) is 49.6 Å². The van der Waals surface area contributed by atoms with Gasteiger partial charge in [-0.3, -0.25) is 9.80 Å². The summed E-state index contributed by atoms with van der Waals surface area (Å²) in [5.41, 5.74) is 5.31. The third-order valence-electron chi connectivity index (χ3n) is 7.30. The number of rotatable bonds is 6. The van der Waals surface area contributed by atoms with Crippen molar-refractivity contribution in [3.8, 4) is 0 Å². The predicted molar refractivity (Wildman–Crippen MR) is 121 cm³/mol. The van der Waals surface area contributed by atoms with Crippen LogP contribution < -0.4 is 4.90 Å². The summed E-state index contributed by atoms with van der Waals surface area (Å²) >= 11 is 0. The minimum atomic E-state index is -0.868. The van der Waals surface area contributed by atoms with Crippen molar-refractivity contribution in [3.05, 3.63) is 23.0 Å². The monoisotopic (exact) mass is 426 g/mol. The summed E-state index contributed by atoms with van der Waals surface area (Å²) in [5.74, 6) is 2.04. The van der Waals surface area contributed by atoms with E-state index in [2.05, 4.69) is 22.5 Å². The summed E-state index contributed by atoms with van der Waals surface area (Å²) in [7, 11) is 0. The molecule has 168 valence electrons. The molecule has 1 N–H and O–H groups in total. The van der Waals surface area contributed by atoms with Crippen LogP contribution in [0.3, 0.4) is 0 Å². The zero-order valence-electron chi connectivity index (χ0n) is 18.8. The van der Waals surface area contributed by atoms with Crippen LogP contribution in [0.15, 0.2) is 6.07 Å². The minimum absolute atomic E-state index is 0.000377. The van der Waals surface area contributed by atoms with Gasteiger partial charge in [0.05, 0.1) is 29.9 Å². The molecule has 7 nitrogen and oxygen atoms in total. The molecular formula is C24H34N4O3. The van der Waals surface area contributed by atoms with E-state index in [0.717, 1.165) is 86.9 Å². The number of hydrogen-bond donors (Lipinski definition) is 1. The molecule has 1 aromatic heterocycles. The fourth-order valence-electron chi connectivity index (χ4n) is 5.30. The number of carbonyl (C=O) groups is 1. The highest BCUT2D eigenvalue weighted by Gasteiger charge is 2.32. The largest absolute Gasteiger partial charge is 0.465 e. The average Bonchev–Trinajstić information content (AvgIpc) is 3.51. The average molecular weight is 427 g/mol. The molecule has 0 radical (unpaired) electrons. The number of nitrogens with zero attached hydrogens (tertiary/aromatic N) is 4. The lowest BCUT2D eigenvalue weighted by Gasteiger charge is -2.33. The van der Waals surface area contributed by atoms with E-state index in [0.29, 0.717) is 0 Å². The van der Waals surface area contributed by atoms with Crippen molar-refractivity contribution in [2.24, 2.45) is 5.92 Å². The zero-order chi connectivity index (χ0) is 21.5. The molecule has 2 fully saturated rings. The first kappa shape index (κ1) is 20.8. The molecule has 5 rings (SSSR count). The smallest absolute Gasteiger partial charge is 0.412 e. The van der Waals surface area contributed by atoms with E-state index in [1.54, 1.807) is 4.90 Å². The van der Waals surface area contributed by atoms with Gasteiger partial charge in [0.25, 0.3) is 0 Å². The van der Waals surface area contributed by atoms with Gasteiger partial charge in [0.15, 0.2) is 0 Å². The second-order valence-electron chi connectivity index (χ2n) is 9.54. The highest BCUT2D eigenvalue weighted by atomic mass is 16.5. The molecule has 3 heterocycles. The molecule has 1 amide bonds. The Morgan fingerprint density at radius 2 is 2.00 bits per heavy atom. The number of fused-ring (bicyclic) bond motifs is 3. The SMILES string of the molecule is Cc1cc2c(c3nc(CCC4CC4)n(CCN4CCOCC4)c13)CCC(C)N2C(=O)O. The highest BCUT2D eigenvalue weighted by molar-refractivity contribution is 5.96. The number of anilines is 1. The van der Waals surface area contributed by atoms with Crippen LogP contribution in [0.4, 0.5) is 10.5 Å². The summed E-state index contributed by atoms with van der Waals surface area (Å²) in [6.07, 6.45) is 5.79. The summed E-state index contributed by atoms with van der Waals surface area (Å²) in [6.45, 7) is 9.64. The summed E-state index contributed by atoms with van der Waals surface area (Å²) in [5, 5.41) is 9.84. The Labute approximate surface area is 184 Å². The lowest BCUT2D eigenvalue weighted by atomic mass is 9.94. The summed E-state index contributed by atoms with van der Waals surface area (Å²) in [6, 6.07) is 2.08. The lowest BCUT2D eigenvalue weighted by Crippen LogP contribution is -2.41. The van der Waals surface area contributed by atoms with Crippen molar-refractivity contribution in [1.29, 1.82) is 0 Å². The lowest BCUT2D eigenvalue weighted by molar-refractivity contribution is 0.0364. The third-order valence-corrected chi connectivity index (χ3v) is 7.30. The number of aryl methyl sites for hydroxylation is 3. The zero-order valence-corrected chi connectivity index (χ0v) is 18.8. The van der Waals surface area contributed by atoms with Crippen LogP contribution >= 0.6 is 0 Å². The van der Waals surface area contributed by atoms with Crippen LogP contribution in [0.25, 0.3) is 11.0 Å². The van der Waals surface area contributed by atoms with E-state index < -0.39 is 6.09 Å². The molecule has 0 spiro atoms. The van der Waals surface area contributed by atoms with Crippen molar-refractivity contribution in [2.45, 2.75) is 65.0 Å². The second-order valence-corrected chi connectivity index (χ2v) is 9.54. The van der Waals surface area contributed by atoms with Gasteiger partial charge >= 0.3 is 6.09 Å². The van der Waals surface area contributed by atoms with E-state index in [4.69, 9.17) is 9.72 Å². The normalized spacial score (nSPS) is 22.1. The molecule has 1 unspecified atom stereocenters. The number of morpholine rings is 1. The van der Waals surface area contributed by atoms with Gasteiger partial charge in [0.2, 0.25) is 0 Å². The van der Waals surface area contributed by atoms with Gasteiger partial charge in [-0.05, 0) is 50.7 Å². The van der Waals surface area contributed by atoms with Crippen molar-refractivity contribution >= 4 is 22.8 Å². The highest BCUT2D eigenvalue weighted by Crippen LogP contribution is 2.39. The second kappa shape index (κ2) is 8.43. The van der Waals surface area contributed by atoms with Gasteiger partial charge in [-0.25, -0.2) is 9.78 Å². The molecule has 1 atom stereocenters. The van der Waals surface area contributed by atoms with E-state index in [1.165, 1.54) is 30.6 Å². The minimum Gasteiger partial charge on any atom is -0.465 e. The van der Waals surface area contributed by atoms with Crippen molar-refractivity contribution in [3.63, 3.8) is 0 Å². The number of carboxylic acid groups (broad SMARTS) is 1. The molecule has 2 aromatic rings. The van der Waals surface area contributed by atoms with E-state index in [-0.39, 0.29) is 6.04 Å². The van der Waals surface area contributed by atoms with Gasteiger partial charge in [0, 0.05) is 44.2 Å². The van der Waals surface area contributed by atoms with Gasteiger partial charge < -0.3 is 14.4 Å². The van der Waals surface area contributed by atoms with Gasteiger partial charge in [-0.1, -0.05) is 12.8 Å². The molecular weight excluding hydrogens is 392 g/mol. The fraction of sp³-hybridized carbons (Fsp3) is 0.667. The number of hydrogen-bond acceptors (Lipinski definition) is 4. The molecule has 31 heavy (non-hydrogen) atoms. The summed E-state index contributed by atoms with van der Waals surface area (Å²) < 4.78 is 7.94. The fourth-order valence-corrected chi connectivity index (χ4v) is 5.30. The number of benzene rings is 1. The maximum absolute atomic E-state index is 12.0. The standard InChI is InChI=1S/C24H34N4O3/c1-16-15-20-19(7-3-17(2)28(20)24(29)30)22-23(16)27(10-9-26-11-13-31-14-12-26)21(25-22)8-6-18-4-5-18/h15,17-18H,3-14H2,1-2H3,(H,29,30). The van der Waals surface area contributed by atoms with E-state index in [9.17, 15) is 9.90 Å². The summed E-state index contributed by atoms with van der Waals surface area (Å²) in [4.78, 5) is 21.2. The molecule has 3 aliphatic rings. The maximum Gasteiger partial charge on any atom is 0.412 e. The topological polar surface area (TPSA) is 70.8 Å². The number of amides is 1. The third kappa shape index (κ3) is 4.05. The van der Waals surface area contributed by atoms with Crippen molar-refractivity contribution < 1.29 is 14.6 Å². The van der Waals surface area contributed by atoms with E-state index >= 15 is 0 Å². The Balaban J connectivity index is 1.54. The molecule has 2 aliphatic heterocycles. The molecule has 1 aromatic carbocycles. The Morgan fingerprint density at radius 1 is 1.23 bits per heavy atom. The number of imidazole rings is 1. The molecule has 0 bridgehead atoms. The van der Waals surface area contributed by atoms with Gasteiger partial charge in [-0.2, -0.15) is 0 Å². The van der Waals surface area contributed by atoms with Crippen LogP contribution in [0, 0.1) is 12.8 Å². The first-order valence-electron chi connectivity index (χ1n) is 11.9. The first-order chi connectivity index (χ1) is 15.0. The molecule has 1 aliphatic carbocycles. The number of aromatic nitrogens is 2. The molecule has 7 heteroatoms. The Kier molecular flexibility index (Phi) is 5.65. The van der Waals surface area contributed by atoms with Crippen LogP contribution in [0.2, 0.25) is 0 Å². The molecule has 1 saturated carbocycles. The van der Waals surface area contributed by atoms with Crippen LogP contribution in [-0.2, 0) is 24.1 Å². The Bertz CT molecular complexity index is 975. The number of ether oxygens (including phenoxy) is 1. The van der Waals surface area contributed by atoms with E-state index in [1.807, 2.05) is 6.92 Å². The quantitative estimate of drug-likeness (QED) is 0.760.